The molecule has 0 saturated heterocycles. The lowest BCUT2D eigenvalue weighted by Crippen LogP contribution is -2.17. The number of pyridine rings is 1. The lowest BCUT2D eigenvalue weighted by atomic mass is 9.81. The second-order valence-electron chi connectivity index (χ2n) is 10.7. The van der Waals surface area contributed by atoms with Crippen LogP contribution in [0.1, 0.15) is 57.1 Å². The third kappa shape index (κ3) is 4.07. The van der Waals surface area contributed by atoms with E-state index in [9.17, 15) is 0 Å². The molecule has 34 heavy (non-hydrogen) atoms. The van der Waals surface area contributed by atoms with E-state index >= 15 is 0 Å². The van der Waals surface area contributed by atoms with Gasteiger partial charge in [0.05, 0.1) is 6.72 Å². The average molecular weight is 449 g/mol. The van der Waals surface area contributed by atoms with Crippen LogP contribution in [0.5, 0.6) is 0 Å². The van der Waals surface area contributed by atoms with Crippen molar-refractivity contribution in [3.8, 4) is 0 Å². The zero-order chi connectivity index (χ0) is 24.0. The SMILES string of the molecule is C=[N+]1C=CC(c2cncc3c[c-](CC(C)C)[o+]c23)=C[C-]1c1cc(C(C)(C)C)c2ccccc2c1. The maximum atomic E-state index is 6.30. The van der Waals surface area contributed by atoms with E-state index in [1.54, 1.807) is 0 Å². The molecular formula is C31H32N2O. The summed E-state index contributed by atoms with van der Waals surface area (Å²) in [6, 6.07) is 16.4. The van der Waals surface area contributed by atoms with Gasteiger partial charge in [0.15, 0.2) is 0 Å². The first-order valence-corrected chi connectivity index (χ1v) is 12.0. The summed E-state index contributed by atoms with van der Waals surface area (Å²) in [6.45, 7) is 15.5. The zero-order valence-corrected chi connectivity index (χ0v) is 20.7. The topological polar surface area (TPSA) is 27.2 Å². The second kappa shape index (κ2) is 8.32. The first-order valence-electron chi connectivity index (χ1n) is 12.0. The van der Waals surface area contributed by atoms with Gasteiger partial charge < -0.3 is 4.42 Å². The Balaban J connectivity index is 1.63. The lowest BCUT2D eigenvalue weighted by Gasteiger charge is -2.27. The van der Waals surface area contributed by atoms with Crippen molar-refractivity contribution in [3.05, 3.63) is 102 Å². The molecule has 3 nitrogen and oxygen atoms in total. The number of hydrogen-bond donors (Lipinski definition) is 0. The van der Waals surface area contributed by atoms with Gasteiger partial charge in [0, 0.05) is 18.2 Å². The van der Waals surface area contributed by atoms with Crippen LogP contribution in [0.2, 0.25) is 0 Å². The van der Waals surface area contributed by atoms with E-state index in [0.717, 1.165) is 45.9 Å². The maximum Gasteiger partial charge on any atom is 0.217 e. The molecule has 3 heterocycles. The van der Waals surface area contributed by atoms with E-state index in [-0.39, 0.29) is 5.41 Å². The molecule has 0 fully saturated rings. The van der Waals surface area contributed by atoms with Crippen molar-refractivity contribution in [2.75, 3.05) is 0 Å². The predicted molar refractivity (Wildman–Crippen MR) is 142 cm³/mol. The Labute approximate surface area is 202 Å². The van der Waals surface area contributed by atoms with E-state index in [4.69, 9.17) is 4.42 Å². The molecule has 2 aromatic carbocycles. The van der Waals surface area contributed by atoms with Gasteiger partial charge in [0.25, 0.3) is 0 Å². The number of allylic oxidation sites excluding steroid dienone is 2. The minimum atomic E-state index is 0.0235. The summed E-state index contributed by atoms with van der Waals surface area (Å²) >= 11 is 0. The van der Waals surface area contributed by atoms with Crippen LogP contribution in [0.4, 0.5) is 0 Å². The minimum Gasteiger partial charge on any atom is -0.340 e. The van der Waals surface area contributed by atoms with Crippen molar-refractivity contribution in [2.45, 2.75) is 46.5 Å². The molecule has 0 saturated carbocycles. The van der Waals surface area contributed by atoms with Crippen molar-refractivity contribution >= 4 is 34.0 Å². The number of fused-ring (bicyclic) bond motifs is 2. The van der Waals surface area contributed by atoms with Crippen LogP contribution in [0.3, 0.4) is 0 Å². The van der Waals surface area contributed by atoms with Gasteiger partial charge in [-0.2, -0.15) is 0 Å². The standard InChI is InChI=1S/C31H32N2O/c1-20(2)13-25-15-24-18-32-19-27(30(24)34-25)22-11-12-33(6)29(17-22)23-14-21-9-7-8-10-26(21)28(16-23)31(3,4)5/h7-12,14-20H,6,13H2,1-5H3. The third-order valence-corrected chi connectivity index (χ3v) is 6.40. The second-order valence-corrected chi connectivity index (χ2v) is 10.7. The zero-order valence-electron chi connectivity index (χ0n) is 20.7. The average Bonchev–Trinajstić information content (AvgIpc) is 3.20. The monoisotopic (exact) mass is 448 g/mol. The predicted octanol–water partition coefficient (Wildman–Crippen LogP) is 7.68. The Morgan fingerprint density at radius 1 is 1.09 bits per heavy atom. The molecule has 172 valence electrons. The molecule has 5 rings (SSSR count). The summed E-state index contributed by atoms with van der Waals surface area (Å²) in [5, 5.41) is 3.58. The van der Waals surface area contributed by atoms with Gasteiger partial charge in [0.1, 0.15) is 12.2 Å². The quantitative estimate of drug-likeness (QED) is 0.182. The summed E-state index contributed by atoms with van der Waals surface area (Å²) in [5.41, 5.74) is 5.48. The molecular weight excluding hydrogens is 416 g/mol. The molecule has 0 amide bonds. The fraction of sp³-hybridized carbons (Fsp3) is 0.258. The molecule has 1 aliphatic rings. The summed E-state index contributed by atoms with van der Waals surface area (Å²) in [6.07, 6.45) is 11.0. The highest BCUT2D eigenvalue weighted by Crippen LogP contribution is 2.37. The van der Waals surface area contributed by atoms with Gasteiger partial charge in [-0.3, -0.25) is 9.56 Å². The molecule has 4 aromatic rings. The Bertz CT molecular complexity index is 1460. The number of aromatic nitrogens is 1. The molecule has 1 aliphatic heterocycles. The highest BCUT2D eigenvalue weighted by Gasteiger charge is 2.23. The number of rotatable bonds is 4. The van der Waals surface area contributed by atoms with Gasteiger partial charge in [-0.25, -0.2) is 0 Å². The van der Waals surface area contributed by atoms with E-state index in [2.05, 4.69) is 101 Å². The molecule has 0 aliphatic carbocycles. The van der Waals surface area contributed by atoms with Crippen LogP contribution in [0, 0.1) is 12.0 Å². The minimum absolute atomic E-state index is 0.0235. The van der Waals surface area contributed by atoms with Crippen LogP contribution in [-0.4, -0.2) is 16.3 Å². The van der Waals surface area contributed by atoms with E-state index in [1.807, 2.05) is 23.2 Å². The molecule has 0 spiro atoms. The fourth-order valence-corrected chi connectivity index (χ4v) is 4.75. The van der Waals surface area contributed by atoms with E-state index in [0.29, 0.717) is 5.92 Å². The highest BCUT2D eigenvalue weighted by molar-refractivity contribution is 5.93. The van der Waals surface area contributed by atoms with Crippen LogP contribution in [-0.2, 0) is 11.8 Å². The summed E-state index contributed by atoms with van der Waals surface area (Å²) in [7, 11) is 0. The lowest BCUT2D eigenvalue weighted by molar-refractivity contribution is -0.417. The van der Waals surface area contributed by atoms with Gasteiger partial charge in [0.2, 0.25) is 11.3 Å². The van der Waals surface area contributed by atoms with Crippen molar-refractivity contribution in [1.82, 2.24) is 4.98 Å². The molecule has 2 aromatic heterocycles. The van der Waals surface area contributed by atoms with Crippen LogP contribution < -0.4 is 0 Å². The number of nitrogens with zero attached hydrogens (tertiary/aromatic N) is 2. The normalized spacial score (nSPS) is 14.5. The largest absolute Gasteiger partial charge is 0.340 e. The molecule has 0 bridgehead atoms. The van der Waals surface area contributed by atoms with E-state index < -0.39 is 0 Å². The highest BCUT2D eigenvalue weighted by atomic mass is 16.3. The van der Waals surface area contributed by atoms with Gasteiger partial charge in [-0.1, -0.05) is 88.2 Å². The molecule has 0 radical (unpaired) electrons. The molecule has 3 heteroatoms. The Kier molecular flexibility index (Phi) is 5.44. The molecule has 0 atom stereocenters. The number of furan rings is 1. The van der Waals surface area contributed by atoms with Gasteiger partial charge >= 0.3 is 0 Å². The van der Waals surface area contributed by atoms with Gasteiger partial charge in [-0.15, -0.1) is 0 Å². The van der Waals surface area contributed by atoms with Crippen molar-refractivity contribution in [1.29, 1.82) is 0 Å². The van der Waals surface area contributed by atoms with Crippen molar-refractivity contribution < 1.29 is 8.99 Å². The number of benzene rings is 2. The summed E-state index contributed by atoms with van der Waals surface area (Å²) in [5.74, 6) is 1.54. The van der Waals surface area contributed by atoms with E-state index in [1.165, 1.54) is 16.3 Å². The molecule has 0 N–H and O–H groups in total. The Morgan fingerprint density at radius 3 is 2.65 bits per heavy atom. The van der Waals surface area contributed by atoms with Crippen molar-refractivity contribution in [3.63, 3.8) is 0 Å². The van der Waals surface area contributed by atoms with Crippen LogP contribution in [0.15, 0.2) is 77.6 Å². The Morgan fingerprint density at radius 2 is 1.88 bits per heavy atom. The first kappa shape index (κ1) is 22.2. The summed E-state index contributed by atoms with van der Waals surface area (Å²) < 4.78 is 8.24. The number of hydrogen-bond acceptors (Lipinski definition) is 1. The van der Waals surface area contributed by atoms with Crippen LogP contribution >= 0.6 is 0 Å². The Hall–Kier alpha value is -3.59. The summed E-state index contributed by atoms with van der Waals surface area (Å²) in [4.78, 5) is 4.51. The maximum absolute atomic E-state index is 6.30. The fourth-order valence-electron chi connectivity index (χ4n) is 4.75. The first-order chi connectivity index (χ1) is 16.2. The van der Waals surface area contributed by atoms with Crippen LogP contribution in [0.25, 0.3) is 27.3 Å². The smallest absolute Gasteiger partial charge is 0.217 e. The molecule has 0 unspecified atom stereocenters. The third-order valence-electron chi connectivity index (χ3n) is 6.40. The van der Waals surface area contributed by atoms with Gasteiger partial charge in [-0.05, 0) is 51.4 Å². The van der Waals surface area contributed by atoms with Crippen molar-refractivity contribution in [2.24, 2.45) is 5.92 Å².